The summed E-state index contributed by atoms with van der Waals surface area (Å²) in [4.78, 5) is 4.00. The largest absolute Gasteiger partial charge is 0.383 e. The van der Waals surface area contributed by atoms with Crippen LogP contribution in [0.15, 0.2) is 18.3 Å². The van der Waals surface area contributed by atoms with E-state index in [1.54, 1.807) is 0 Å². The van der Waals surface area contributed by atoms with Crippen molar-refractivity contribution in [2.24, 2.45) is 0 Å². The third kappa shape index (κ3) is 4.31. The molecule has 0 radical (unpaired) electrons. The maximum Gasteiger partial charge on any atom is 0.149 e. The van der Waals surface area contributed by atoms with Crippen molar-refractivity contribution in [2.75, 3.05) is 25.1 Å². The Hall–Kier alpha value is -1.90. The Bertz CT molecular complexity index is 715. The van der Waals surface area contributed by atoms with Crippen LogP contribution in [0.5, 0.6) is 0 Å². The quantitative estimate of drug-likeness (QED) is 0.721. The highest BCUT2D eigenvalue weighted by atomic mass is 35.5. The molecular formula is C17H19ClFN3O. The standard InChI is InChI=1S/C17H19ClFN3O/c1-2-3-8-23-9-4-7-21-16-12(10-20)11-22-17-14(19)6-5-13(18)15(16)17/h5-6,11H,2-4,7-9H2,1H3,(H,21,22). The minimum absolute atomic E-state index is 0.165. The zero-order valence-electron chi connectivity index (χ0n) is 13.0. The molecule has 1 heterocycles. The number of nitrogens with one attached hydrogen (secondary N) is 1. The van der Waals surface area contributed by atoms with Gasteiger partial charge >= 0.3 is 0 Å². The molecule has 0 aliphatic carbocycles. The second kappa shape index (κ2) is 8.66. The van der Waals surface area contributed by atoms with E-state index in [1.807, 2.05) is 0 Å². The first kappa shape index (κ1) is 17.5. The van der Waals surface area contributed by atoms with Gasteiger partial charge in [0.2, 0.25) is 0 Å². The van der Waals surface area contributed by atoms with Gasteiger partial charge in [-0.3, -0.25) is 4.98 Å². The molecule has 0 atom stereocenters. The van der Waals surface area contributed by atoms with E-state index in [0.717, 1.165) is 25.9 Å². The second-order valence-corrected chi connectivity index (χ2v) is 5.56. The molecule has 6 heteroatoms. The van der Waals surface area contributed by atoms with Crippen molar-refractivity contribution in [3.8, 4) is 6.07 Å². The molecule has 0 aliphatic heterocycles. The zero-order chi connectivity index (χ0) is 16.7. The first-order valence-corrected chi connectivity index (χ1v) is 8.05. The lowest BCUT2D eigenvalue weighted by molar-refractivity contribution is 0.131. The van der Waals surface area contributed by atoms with E-state index in [0.29, 0.717) is 34.8 Å². The number of benzene rings is 1. The van der Waals surface area contributed by atoms with Gasteiger partial charge in [0.15, 0.2) is 0 Å². The fourth-order valence-electron chi connectivity index (χ4n) is 2.24. The fraction of sp³-hybridized carbons (Fsp3) is 0.412. The van der Waals surface area contributed by atoms with Crippen LogP contribution in [0.25, 0.3) is 10.9 Å². The van der Waals surface area contributed by atoms with Crippen LogP contribution < -0.4 is 5.32 Å². The normalized spacial score (nSPS) is 10.7. The van der Waals surface area contributed by atoms with Gasteiger partial charge in [0.25, 0.3) is 0 Å². The van der Waals surface area contributed by atoms with Crippen molar-refractivity contribution in [3.05, 3.63) is 34.7 Å². The number of hydrogen-bond acceptors (Lipinski definition) is 4. The number of rotatable bonds is 8. The lowest BCUT2D eigenvalue weighted by atomic mass is 10.1. The first-order valence-electron chi connectivity index (χ1n) is 7.67. The van der Waals surface area contributed by atoms with E-state index in [2.05, 4.69) is 23.3 Å². The van der Waals surface area contributed by atoms with Crippen LogP contribution in [0.4, 0.5) is 10.1 Å². The highest BCUT2D eigenvalue weighted by molar-refractivity contribution is 6.36. The van der Waals surface area contributed by atoms with Crippen molar-refractivity contribution in [1.82, 2.24) is 4.98 Å². The van der Waals surface area contributed by atoms with E-state index in [9.17, 15) is 9.65 Å². The second-order valence-electron chi connectivity index (χ2n) is 5.16. The smallest absolute Gasteiger partial charge is 0.149 e. The number of aromatic nitrogens is 1. The van der Waals surface area contributed by atoms with Gasteiger partial charge < -0.3 is 10.1 Å². The van der Waals surface area contributed by atoms with Crippen LogP contribution in [0.2, 0.25) is 5.02 Å². The molecule has 0 saturated heterocycles. The summed E-state index contributed by atoms with van der Waals surface area (Å²) in [5.74, 6) is -0.458. The predicted molar refractivity (Wildman–Crippen MR) is 90.3 cm³/mol. The lowest BCUT2D eigenvalue weighted by Gasteiger charge is -2.13. The number of anilines is 1. The summed E-state index contributed by atoms with van der Waals surface area (Å²) in [5.41, 5.74) is 1.03. The zero-order valence-corrected chi connectivity index (χ0v) is 13.8. The Kier molecular flexibility index (Phi) is 6.57. The van der Waals surface area contributed by atoms with Crippen molar-refractivity contribution in [2.45, 2.75) is 26.2 Å². The Morgan fingerprint density at radius 3 is 2.87 bits per heavy atom. The van der Waals surface area contributed by atoms with Gasteiger partial charge in [-0.2, -0.15) is 5.26 Å². The molecule has 0 unspecified atom stereocenters. The van der Waals surface area contributed by atoms with E-state index < -0.39 is 5.82 Å². The number of halogens is 2. The molecule has 1 aromatic carbocycles. The molecule has 2 aromatic rings. The minimum Gasteiger partial charge on any atom is -0.383 e. The Morgan fingerprint density at radius 2 is 2.13 bits per heavy atom. The van der Waals surface area contributed by atoms with Crippen LogP contribution >= 0.6 is 11.6 Å². The number of nitrogens with zero attached hydrogens (tertiary/aromatic N) is 2. The maximum absolute atomic E-state index is 13.9. The van der Waals surface area contributed by atoms with Crippen molar-refractivity contribution in [3.63, 3.8) is 0 Å². The SMILES string of the molecule is CCCCOCCCNc1c(C#N)cnc2c(F)ccc(Cl)c12. The minimum atomic E-state index is -0.458. The van der Waals surface area contributed by atoms with Crippen molar-refractivity contribution < 1.29 is 9.13 Å². The molecule has 1 N–H and O–H groups in total. The highest BCUT2D eigenvalue weighted by Gasteiger charge is 2.14. The topological polar surface area (TPSA) is 57.9 Å². The molecule has 122 valence electrons. The van der Waals surface area contributed by atoms with Crippen LogP contribution in [-0.2, 0) is 4.74 Å². The summed E-state index contributed by atoms with van der Waals surface area (Å²) >= 11 is 6.18. The van der Waals surface area contributed by atoms with Crippen LogP contribution in [0.1, 0.15) is 31.7 Å². The fourth-order valence-corrected chi connectivity index (χ4v) is 2.48. The molecule has 1 aromatic heterocycles. The number of hydrogen-bond donors (Lipinski definition) is 1. The maximum atomic E-state index is 13.9. The lowest BCUT2D eigenvalue weighted by Crippen LogP contribution is -2.08. The van der Waals surface area contributed by atoms with Crippen LogP contribution in [0.3, 0.4) is 0 Å². The molecule has 0 aliphatic rings. The van der Waals surface area contributed by atoms with Gasteiger partial charge in [-0.1, -0.05) is 24.9 Å². The Balaban J connectivity index is 2.12. The molecule has 2 rings (SSSR count). The van der Waals surface area contributed by atoms with Gasteiger partial charge in [-0.25, -0.2) is 4.39 Å². The summed E-state index contributed by atoms with van der Waals surface area (Å²) in [6, 6.07) is 4.81. The average Bonchev–Trinajstić information content (AvgIpc) is 2.57. The summed E-state index contributed by atoms with van der Waals surface area (Å²) in [5, 5.41) is 13.2. The molecule has 4 nitrogen and oxygen atoms in total. The van der Waals surface area contributed by atoms with Crippen LogP contribution in [0, 0.1) is 17.1 Å². The van der Waals surface area contributed by atoms with Crippen LogP contribution in [-0.4, -0.2) is 24.7 Å². The Labute approximate surface area is 140 Å². The summed E-state index contributed by atoms with van der Waals surface area (Å²) in [6.45, 7) is 4.12. The van der Waals surface area contributed by atoms with E-state index in [1.165, 1.54) is 18.3 Å². The van der Waals surface area contributed by atoms with E-state index in [-0.39, 0.29) is 5.52 Å². The monoisotopic (exact) mass is 335 g/mol. The molecule has 0 spiro atoms. The molecule has 0 bridgehead atoms. The molecule has 23 heavy (non-hydrogen) atoms. The van der Waals surface area contributed by atoms with Crippen molar-refractivity contribution in [1.29, 1.82) is 5.26 Å². The van der Waals surface area contributed by atoms with Crippen molar-refractivity contribution >= 4 is 28.2 Å². The number of pyridine rings is 1. The van der Waals surface area contributed by atoms with Gasteiger partial charge in [0, 0.05) is 31.3 Å². The predicted octanol–water partition coefficient (Wildman–Crippen LogP) is 4.52. The van der Waals surface area contributed by atoms with Gasteiger partial charge in [0.1, 0.15) is 17.4 Å². The summed E-state index contributed by atoms with van der Waals surface area (Å²) in [6.07, 6.45) is 4.31. The molecular weight excluding hydrogens is 317 g/mol. The molecule has 0 saturated carbocycles. The molecule has 0 amide bonds. The Morgan fingerprint density at radius 1 is 1.35 bits per heavy atom. The third-order valence-electron chi connectivity index (χ3n) is 3.45. The number of fused-ring (bicyclic) bond motifs is 1. The van der Waals surface area contributed by atoms with Gasteiger partial charge in [-0.05, 0) is 25.0 Å². The van der Waals surface area contributed by atoms with E-state index in [4.69, 9.17) is 16.3 Å². The first-order chi connectivity index (χ1) is 11.2. The number of nitriles is 1. The van der Waals surface area contributed by atoms with E-state index >= 15 is 0 Å². The number of ether oxygens (including phenoxy) is 1. The van der Waals surface area contributed by atoms with Gasteiger partial charge in [-0.15, -0.1) is 0 Å². The summed E-state index contributed by atoms with van der Waals surface area (Å²) in [7, 11) is 0. The summed E-state index contributed by atoms with van der Waals surface area (Å²) < 4.78 is 19.4. The molecule has 0 fully saturated rings. The van der Waals surface area contributed by atoms with Gasteiger partial charge in [0.05, 0.1) is 16.3 Å². The average molecular weight is 336 g/mol. The highest BCUT2D eigenvalue weighted by Crippen LogP contribution is 2.33. The number of unbranched alkanes of at least 4 members (excludes halogenated alkanes) is 1. The third-order valence-corrected chi connectivity index (χ3v) is 3.76.